The van der Waals surface area contributed by atoms with Crippen molar-refractivity contribution < 1.29 is 27.0 Å². The van der Waals surface area contributed by atoms with E-state index in [9.17, 15) is 4.79 Å². The van der Waals surface area contributed by atoms with Crippen LogP contribution in [-0.4, -0.2) is 35.5 Å². The van der Waals surface area contributed by atoms with E-state index >= 15 is 0 Å². The maximum atomic E-state index is 9.92. The van der Waals surface area contributed by atoms with E-state index in [0.717, 1.165) is 4.90 Å². The van der Waals surface area contributed by atoms with Crippen LogP contribution in [0.5, 0.6) is 0 Å². The van der Waals surface area contributed by atoms with Crippen LogP contribution in [0.2, 0.25) is 0 Å². The van der Waals surface area contributed by atoms with Gasteiger partial charge in [-0.1, -0.05) is 0 Å². The normalized spacial score (nSPS) is 7.70. The number of hydrogen-bond acceptors (Lipinski definition) is 2. The first kappa shape index (κ1) is 12.0. The monoisotopic (exact) mass is 187 g/mol. The van der Waals surface area contributed by atoms with Crippen molar-refractivity contribution in [2.75, 3.05) is 13.6 Å². The number of nitrogens with one attached hydrogen (secondary N) is 1. The van der Waals surface area contributed by atoms with Crippen molar-refractivity contribution in [1.29, 1.82) is 5.41 Å². The molecule has 0 spiro atoms. The number of nitrogens with two attached hydrogens (primary N) is 1. The van der Waals surface area contributed by atoms with E-state index in [0.29, 0.717) is 0 Å². The number of hydrogen-bond donors (Lipinski definition) is 3. The summed E-state index contributed by atoms with van der Waals surface area (Å²) in [7, 11) is 1.44. The summed E-state index contributed by atoms with van der Waals surface area (Å²) < 4.78 is 0. The SMILES string of the molecule is CN(CC(=O)O)C(=N)N.[Fe+2]. The predicted octanol–water partition coefficient (Wildman–Crippen LogP) is -1.11. The quantitative estimate of drug-likeness (QED) is 0.290. The van der Waals surface area contributed by atoms with Crippen LogP contribution in [-0.2, 0) is 21.9 Å². The van der Waals surface area contributed by atoms with Gasteiger partial charge in [0, 0.05) is 7.05 Å². The summed E-state index contributed by atoms with van der Waals surface area (Å²) in [5.41, 5.74) is 4.93. The molecule has 0 saturated carbocycles. The molecule has 0 aromatic carbocycles. The van der Waals surface area contributed by atoms with Crippen LogP contribution in [0.3, 0.4) is 0 Å². The fourth-order valence-electron chi connectivity index (χ4n) is 0.288. The molecule has 0 aliphatic carbocycles. The van der Waals surface area contributed by atoms with E-state index in [1.165, 1.54) is 7.05 Å². The standard InChI is InChI=1S/C4H9N3O2.Fe/c1-7(4(5)6)2-3(8)9;/h2H2,1H3,(H3,5,6)(H,8,9);/q;+2. The maximum absolute atomic E-state index is 9.92. The summed E-state index contributed by atoms with van der Waals surface area (Å²) in [5, 5.41) is 14.9. The van der Waals surface area contributed by atoms with Crippen LogP contribution in [0.15, 0.2) is 0 Å². The minimum atomic E-state index is -0.993. The van der Waals surface area contributed by atoms with E-state index in [1.807, 2.05) is 0 Å². The molecule has 0 aromatic rings. The van der Waals surface area contributed by atoms with Crippen molar-refractivity contribution in [2.45, 2.75) is 0 Å². The zero-order valence-corrected chi connectivity index (χ0v) is 6.54. The van der Waals surface area contributed by atoms with Gasteiger partial charge in [-0.25, -0.2) is 0 Å². The Morgan fingerprint density at radius 2 is 2.20 bits per heavy atom. The van der Waals surface area contributed by atoms with Crippen molar-refractivity contribution in [3.63, 3.8) is 0 Å². The van der Waals surface area contributed by atoms with E-state index < -0.39 is 5.97 Å². The molecule has 0 heterocycles. The summed E-state index contributed by atoms with van der Waals surface area (Å²) in [5.74, 6) is -1.23. The Morgan fingerprint density at radius 3 is 2.30 bits per heavy atom. The molecule has 0 fully saturated rings. The zero-order chi connectivity index (χ0) is 7.44. The molecule has 4 N–H and O–H groups in total. The predicted molar refractivity (Wildman–Crippen MR) is 32.2 cm³/mol. The van der Waals surface area contributed by atoms with Gasteiger partial charge in [0.05, 0.1) is 0 Å². The number of aliphatic carboxylic acids is 1. The molecule has 5 nitrogen and oxygen atoms in total. The Kier molecular flexibility index (Phi) is 6.09. The van der Waals surface area contributed by atoms with Gasteiger partial charge in [-0.05, 0) is 0 Å². The van der Waals surface area contributed by atoms with Gasteiger partial charge in [-0.3, -0.25) is 10.2 Å². The van der Waals surface area contributed by atoms with Gasteiger partial charge in [0.25, 0.3) is 0 Å². The third-order valence-electron chi connectivity index (χ3n) is 0.784. The number of carboxylic acid groups (broad SMARTS) is 1. The van der Waals surface area contributed by atoms with Crippen LogP contribution >= 0.6 is 0 Å². The summed E-state index contributed by atoms with van der Waals surface area (Å²) in [6.07, 6.45) is 0. The molecule has 0 rings (SSSR count). The van der Waals surface area contributed by atoms with E-state index in [-0.39, 0.29) is 29.6 Å². The van der Waals surface area contributed by atoms with Crippen molar-refractivity contribution in [2.24, 2.45) is 5.73 Å². The first-order valence-electron chi connectivity index (χ1n) is 2.31. The zero-order valence-electron chi connectivity index (χ0n) is 5.44. The molecule has 6 heteroatoms. The second-order valence-electron chi connectivity index (χ2n) is 1.64. The first-order chi connectivity index (χ1) is 4.04. The molecule has 0 bridgehead atoms. The number of rotatable bonds is 2. The smallest absolute Gasteiger partial charge is 0.480 e. The third kappa shape index (κ3) is 5.40. The molecular formula is C4H9FeN3O2+2. The van der Waals surface area contributed by atoms with Crippen LogP contribution in [0.1, 0.15) is 0 Å². The van der Waals surface area contributed by atoms with Crippen molar-refractivity contribution >= 4 is 11.9 Å². The Balaban J connectivity index is 0. The largest absolute Gasteiger partial charge is 2.00 e. The van der Waals surface area contributed by atoms with Gasteiger partial charge in [-0.2, -0.15) is 0 Å². The first-order valence-corrected chi connectivity index (χ1v) is 2.31. The van der Waals surface area contributed by atoms with Gasteiger partial charge in [0.15, 0.2) is 5.96 Å². The number of carboxylic acids is 1. The maximum Gasteiger partial charge on any atom is 2.00 e. The summed E-state index contributed by atoms with van der Waals surface area (Å²) in [6.45, 7) is -0.227. The fourth-order valence-corrected chi connectivity index (χ4v) is 0.288. The van der Waals surface area contributed by atoms with Crippen LogP contribution in [0, 0.1) is 5.41 Å². The van der Waals surface area contributed by atoms with Gasteiger partial charge in [0.1, 0.15) is 6.54 Å². The second-order valence-corrected chi connectivity index (χ2v) is 1.64. The molecule has 0 unspecified atom stereocenters. The van der Waals surface area contributed by atoms with Crippen molar-refractivity contribution in [3.05, 3.63) is 0 Å². The van der Waals surface area contributed by atoms with Crippen LogP contribution in [0.25, 0.3) is 0 Å². The van der Waals surface area contributed by atoms with Crippen LogP contribution < -0.4 is 5.73 Å². The Morgan fingerprint density at radius 1 is 1.80 bits per heavy atom. The van der Waals surface area contributed by atoms with Gasteiger partial charge in [-0.15, -0.1) is 0 Å². The van der Waals surface area contributed by atoms with Crippen molar-refractivity contribution in [3.8, 4) is 0 Å². The van der Waals surface area contributed by atoms with Crippen molar-refractivity contribution in [1.82, 2.24) is 4.90 Å². The van der Waals surface area contributed by atoms with E-state index in [4.69, 9.17) is 16.2 Å². The summed E-state index contributed by atoms with van der Waals surface area (Å²) >= 11 is 0. The molecule has 10 heavy (non-hydrogen) atoms. The minimum absolute atomic E-state index is 0. The number of carbonyl (C=O) groups is 1. The molecule has 0 saturated heterocycles. The molecule has 0 aliphatic rings. The molecule has 58 valence electrons. The number of likely N-dealkylation sites (N-methyl/N-ethyl adjacent to an activating group) is 1. The molecule has 0 aromatic heterocycles. The minimum Gasteiger partial charge on any atom is -0.480 e. The average molecular weight is 187 g/mol. The molecule has 0 aliphatic heterocycles. The Labute approximate surface area is 69.2 Å². The average Bonchev–Trinajstić information content (AvgIpc) is 1.63. The number of nitrogens with zero attached hydrogens (tertiary/aromatic N) is 1. The second kappa shape index (κ2) is 5.08. The fraction of sp³-hybridized carbons (Fsp3) is 0.500. The summed E-state index contributed by atoms with van der Waals surface area (Å²) in [6, 6.07) is 0. The van der Waals surface area contributed by atoms with Crippen LogP contribution in [0.4, 0.5) is 0 Å². The topological polar surface area (TPSA) is 90.4 Å². The van der Waals surface area contributed by atoms with Gasteiger partial charge < -0.3 is 15.7 Å². The van der Waals surface area contributed by atoms with E-state index in [2.05, 4.69) is 0 Å². The third-order valence-corrected chi connectivity index (χ3v) is 0.784. The molecule has 0 amide bonds. The van der Waals surface area contributed by atoms with Gasteiger partial charge in [0.2, 0.25) is 0 Å². The molecular weight excluding hydrogens is 178 g/mol. The molecule has 0 atom stereocenters. The Hall–Kier alpha value is -0.741. The van der Waals surface area contributed by atoms with Gasteiger partial charge >= 0.3 is 23.0 Å². The summed E-state index contributed by atoms with van der Waals surface area (Å²) in [4.78, 5) is 11.0. The number of guanidine groups is 1. The Bertz CT molecular complexity index is 138. The van der Waals surface area contributed by atoms with E-state index in [1.54, 1.807) is 0 Å². The molecule has 0 radical (unpaired) electrons.